The Hall–Kier alpha value is -2.70. The molecule has 7 nitrogen and oxygen atoms in total. The van der Waals surface area contributed by atoms with Gasteiger partial charge in [0.2, 0.25) is 0 Å². The van der Waals surface area contributed by atoms with E-state index < -0.39 is 11.8 Å². The van der Waals surface area contributed by atoms with E-state index in [1.807, 2.05) is 0 Å². The summed E-state index contributed by atoms with van der Waals surface area (Å²) in [5, 5.41) is 4.60. The standard InChI is InChI=1S/C11H8N4O3/c1-12-10(16)8-9(11(17)15-18)14-7-5-3-2-4-6(7)13-8/h2-5H,1H3,(H,12,16). The fourth-order valence-corrected chi connectivity index (χ4v) is 1.47. The normalized spacial score (nSPS) is 10.1. The Morgan fingerprint density at radius 2 is 1.67 bits per heavy atom. The first-order valence-corrected chi connectivity index (χ1v) is 5.04. The van der Waals surface area contributed by atoms with Crippen molar-refractivity contribution in [1.29, 1.82) is 0 Å². The number of hydrogen-bond donors (Lipinski definition) is 1. The molecule has 0 atom stereocenters. The molecule has 0 aliphatic rings. The number of carbonyl (C=O) groups is 2. The smallest absolute Gasteiger partial charge is 0.337 e. The highest BCUT2D eigenvalue weighted by Gasteiger charge is 2.21. The third-order valence-electron chi connectivity index (χ3n) is 2.30. The van der Waals surface area contributed by atoms with Crippen LogP contribution in [0, 0.1) is 4.91 Å². The van der Waals surface area contributed by atoms with Crippen LogP contribution in [0.4, 0.5) is 0 Å². The maximum Gasteiger partial charge on any atom is 0.337 e. The first-order valence-electron chi connectivity index (χ1n) is 5.04. The molecule has 0 aliphatic carbocycles. The van der Waals surface area contributed by atoms with Crippen LogP contribution in [-0.2, 0) is 0 Å². The van der Waals surface area contributed by atoms with E-state index in [2.05, 4.69) is 20.5 Å². The third-order valence-corrected chi connectivity index (χ3v) is 2.30. The number of nitrogens with one attached hydrogen (secondary N) is 1. The zero-order valence-corrected chi connectivity index (χ0v) is 9.38. The van der Waals surface area contributed by atoms with E-state index in [-0.39, 0.29) is 11.4 Å². The second kappa shape index (κ2) is 4.66. The lowest BCUT2D eigenvalue weighted by molar-refractivity contribution is 0.0937. The van der Waals surface area contributed by atoms with E-state index in [0.717, 1.165) is 0 Å². The number of rotatable bonds is 2. The van der Waals surface area contributed by atoms with Crippen molar-refractivity contribution in [3.63, 3.8) is 0 Å². The molecule has 1 heterocycles. The SMILES string of the molecule is CNC(=O)c1nc2ccccc2nc1C(=O)N=O. The number of carbonyl (C=O) groups excluding carboxylic acids is 2. The van der Waals surface area contributed by atoms with Gasteiger partial charge in [0.25, 0.3) is 5.91 Å². The lowest BCUT2D eigenvalue weighted by Crippen LogP contribution is -2.23. The fraction of sp³-hybridized carbons (Fsp3) is 0.0909. The van der Waals surface area contributed by atoms with E-state index in [4.69, 9.17) is 0 Å². The molecule has 0 fully saturated rings. The lowest BCUT2D eigenvalue weighted by atomic mass is 10.2. The van der Waals surface area contributed by atoms with E-state index in [1.165, 1.54) is 7.05 Å². The van der Waals surface area contributed by atoms with Crippen LogP contribution in [0.2, 0.25) is 0 Å². The number of nitrogens with zero attached hydrogens (tertiary/aromatic N) is 3. The third kappa shape index (κ3) is 1.93. The summed E-state index contributed by atoms with van der Waals surface area (Å²) in [5.41, 5.74) is 0.319. The summed E-state index contributed by atoms with van der Waals surface area (Å²) in [7, 11) is 1.39. The number of fused-ring (bicyclic) bond motifs is 1. The van der Waals surface area contributed by atoms with Gasteiger partial charge >= 0.3 is 5.91 Å². The van der Waals surface area contributed by atoms with Crippen molar-refractivity contribution in [1.82, 2.24) is 15.3 Å². The van der Waals surface area contributed by atoms with Gasteiger partial charge in [-0.05, 0) is 12.1 Å². The molecule has 0 saturated heterocycles. The van der Waals surface area contributed by atoms with Gasteiger partial charge in [-0.3, -0.25) is 9.59 Å². The quantitative estimate of drug-likeness (QED) is 0.790. The van der Waals surface area contributed by atoms with Gasteiger partial charge in [-0.2, -0.15) is 0 Å². The van der Waals surface area contributed by atoms with Crippen molar-refractivity contribution in [2.45, 2.75) is 0 Å². The highest BCUT2D eigenvalue weighted by atomic mass is 16.3. The molecule has 0 saturated carbocycles. The second-order valence-electron chi connectivity index (χ2n) is 3.39. The van der Waals surface area contributed by atoms with Gasteiger partial charge in [0, 0.05) is 12.2 Å². The minimum atomic E-state index is -1.12. The first-order chi connectivity index (χ1) is 8.67. The molecule has 90 valence electrons. The summed E-state index contributed by atoms with van der Waals surface area (Å²) >= 11 is 0. The molecule has 18 heavy (non-hydrogen) atoms. The molecule has 0 aliphatic heterocycles. The molecule has 1 N–H and O–H groups in total. The van der Waals surface area contributed by atoms with Crippen LogP contribution in [0.15, 0.2) is 29.4 Å². The fourth-order valence-electron chi connectivity index (χ4n) is 1.47. The van der Waals surface area contributed by atoms with Gasteiger partial charge in [0.1, 0.15) is 0 Å². The van der Waals surface area contributed by atoms with E-state index in [0.29, 0.717) is 11.0 Å². The Bertz CT molecular complexity index is 654. The molecule has 1 aromatic carbocycles. The van der Waals surface area contributed by atoms with Crippen molar-refractivity contribution in [3.8, 4) is 0 Å². The molecule has 0 radical (unpaired) electrons. The predicted molar refractivity (Wildman–Crippen MR) is 63.1 cm³/mol. The highest BCUT2D eigenvalue weighted by Crippen LogP contribution is 2.13. The second-order valence-corrected chi connectivity index (χ2v) is 3.39. The van der Waals surface area contributed by atoms with E-state index >= 15 is 0 Å². The first kappa shape index (κ1) is 11.8. The Morgan fingerprint density at radius 1 is 1.11 bits per heavy atom. The average Bonchev–Trinajstić information content (AvgIpc) is 2.44. The van der Waals surface area contributed by atoms with Gasteiger partial charge in [-0.1, -0.05) is 12.1 Å². The van der Waals surface area contributed by atoms with Gasteiger partial charge in [-0.15, -0.1) is 4.91 Å². The van der Waals surface area contributed by atoms with Crippen LogP contribution in [0.1, 0.15) is 21.0 Å². The summed E-state index contributed by atoms with van der Waals surface area (Å²) in [6.07, 6.45) is 0. The van der Waals surface area contributed by atoms with Gasteiger partial charge in [0.15, 0.2) is 11.4 Å². The molecular formula is C11H8N4O3. The van der Waals surface area contributed by atoms with Crippen molar-refractivity contribution in [2.24, 2.45) is 5.18 Å². The predicted octanol–water partition coefficient (Wildman–Crippen LogP) is 0.896. The summed E-state index contributed by atoms with van der Waals surface area (Å²) < 4.78 is 0. The zero-order chi connectivity index (χ0) is 13.1. The summed E-state index contributed by atoms with van der Waals surface area (Å²) in [6, 6.07) is 6.71. The topological polar surface area (TPSA) is 101 Å². The van der Waals surface area contributed by atoms with Crippen LogP contribution in [0.25, 0.3) is 11.0 Å². The maximum atomic E-state index is 11.6. The van der Waals surface area contributed by atoms with E-state index in [1.54, 1.807) is 24.3 Å². The molecule has 0 spiro atoms. The largest absolute Gasteiger partial charge is 0.354 e. The number of para-hydroxylation sites is 2. The molecule has 2 rings (SSSR count). The number of benzene rings is 1. The summed E-state index contributed by atoms with van der Waals surface area (Å²) in [6.45, 7) is 0. The number of hydrogen-bond acceptors (Lipinski definition) is 5. The van der Waals surface area contributed by atoms with Gasteiger partial charge in [0.05, 0.1) is 11.0 Å². The van der Waals surface area contributed by atoms with Gasteiger partial charge < -0.3 is 5.32 Å². The highest BCUT2D eigenvalue weighted by molar-refractivity contribution is 6.06. The Kier molecular flexibility index (Phi) is 3.05. The maximum absolute atomic E-state index is 11.6. The van der Waals surface area contributed by atoms with Crippen LogP contribution in [0.5, 0.6) is 0 Å². The molecule has 7 heteroatoms. The number of aromatic nitrogens is 2. The molecule has 0 unspecified atom stereocenters. The van der Waals surface area contributed by atoms with Crippen molar-refractivity contribution < 1.29 is 9.59 Å². The molecule has 1 aromatic heterocycles. The molecule has 2 aromatic rings. The Labute approximate surface area is 101 Å². The monoisotopic (exact) mass is 244 g/mol. The van der Waals surface area contributed by atoms with Crippen molar-refractivity contribution in [2.75, 3.05) is 7.05 Å². The molecular weight excluding hydrogens is 236 g/mol. The van der Waals surface area contributed by atoms with Crippen molar-refractivity contribution >= 4 is 22.8 Å². The van der Waals surface area contributed by atoms with Crippen LogP contribution in [0.3, 0.4) is 0 Å². The van der Waals surface area contributed by atoms with Crippen LogP contribution >= 0.6 is 0 Å². The molecule has 0 bridgehead atoms. The number of nitroso groups, excluding NO2 is 1. The van der Waals surface area contributed by atoms with Gasteiger partial charge in [-0.25, -0.2) is 9.97 Å². The molecule has 2 amide bonds. The lowest BCUT2D eigenvalue weighted by Gasteiger charge is -2.04. The minimum absolute atomic E-state index is 0.208. The summed E-state index contributed by atoms with van der Waals surface area (Å²) in [5.74, 6) is -1.72. The van der Waals surface area contributed by atoms with E-state index in [9.17, 15) is 14.5 Å². The minimum Gasteiger partial charge on any atom is -0.354 e. The Morgan fingerprint density at radius 3 is 2.17 bits per heavy atom. The van der Waals surface area contributed by atoms with Crippen LogP contribution < -0.4 is 5.32 Å². The zero-order valence-electron chi connectivity index (χ0n) is 9.38. The van der Waals surface area contributed by atoms with Crippen LogP contribution in [-0.4, -0.2) is 28.8 Å². The van der Waals surface area contributed by atoms with Crippen molar-refractivity contribution in [3.05, 3.63) is 40.6 Å². The number of amides is 2. The summed E-state index contributed by atoms with van der Waals surface area (Å²) in [4.78, 5) is 41.2. The average molecular weight is 244 g/mol. The Balaban J connectivity index is 2.75.